The van der Waals surface area contributed by atoms with Crippen LogP contribution in [0.4, 0.5) is 0 Å². The molecule has 1 aliphatic carbocycles. The summed E-state index contributed by atoms with van der Waals surface area (Å²) in [7, 11) is 0. The molecule has 0 saturated carbocycles. The molecular formula is C10H17N3. The van der Waals surface area contributed by atoms with Gasteiger partial charge < -0.3 is 5.73 Å². The highest BCUT2D eigenvalue weighted by atomic mass is 15.3. The highest BCUT2D eigenvalue weighted by Crippen LogP contribution is 2.30. The second kappa shape index (κ2) is 3.14. The zero-order valence-corrected chi connectivity index (χ0v) is 8.33. The molecule has 2 rings (SSSR count). The number of nitrogens with two attached hydrogens (primary N) is 1. The molecule has 2 atom stereocenters. The van der Waals surface area contributed by atoms with Crippen molar-refractivity contribution in [2.45, 2.75) is 45.2 Å². The van der Waals surface area contributed by atoms with Gasteiger partial charge in [0.05, 0.1) is 6.20 Å². The second-order valence-electron chi connectivity index (χ2n) is 3.97. The molecule has 0 spiro atoms. The maximum Gasteiger partial charge on any atom is 0.0525 e. The monoisotopic (exact) mass is 179 g/mol. The van der Waals surface area contributed by atoms with Crippen LogP contribution in [0.15, 0.2) is 6.20 Å². The van der Waals surface area contributed by atoms with Gasteiger partial charge in [-0.1, -0.05) is 6.92 Å². The Kier molecular flexibility index (Phi) is 2.12. The minimum Gasteiger partial charge on any atom is -0.327 e. The molecule has 0 amide bonds. The fourth-order valence-electron chi connectivity index (χ4n) is 2.35. The van der Waals surface area contributed by atoms with E-state index in [1.807, 2.05) is 6.20 Å². The molecule has 72 valence electrons. The topological polar surface area (TPSA) is 43.8 Å². The van der Waals surface area contributed by atoms with E-state index in [9.17, 15) is 0 Å². The zero-order valence-electron chi connectivity index (χ0n) is 8.33. The lowest BCUT2D eigenvalue weighted by Crippen LogP contribution is -2.30. The van der Waals surface area contributed by atoms with Crippen LogP contribution < -0.4 is 5.73 Å². The molecule has 13 heavy (non-hydrogen) atoms. The highest BCUT2D eigenvalue weighted by Gasteiger charge is 2.25. The fraction of sp³-hybridized carbons (Fsp3) is 0.700. The first-order valence-electron chi connectivity index (χ1n) is 5.02. The van der Waals surface area contributed by atoms with Gasteiger partial charge in [-0.25, -0.2) is 0 Å². The standard InChI is InChI=1S/C10H17N3/c1-3-13-10-7(2)4-9(11)5-8(10)6-12-13/h6-7,9H,3-5,11H2,1-2H3. The Balaban J connectivity index is 2.40. The molecule has 0 radical (unpaired) electrons. The third-order valence-corrected chi connectivity index (χ3v) is 2.86. The van der Waals surface area contributed by atoms with E-state index >= 15 is 0 Å². The van der Waals surface area contributed by atoms with Gasteiger partial charge in [0, 0.05) is 18.3 Å². The molecule has 0 aliphatic heterocycles. The number of rotatable bonds is 1. The lowest BCUT2D eigenvalue weighted by Gasteiger charge is -2.25. The van der Waals surface area contributed by atoms with Crippen molar-refractivity contribution in [3.63, 3.8) is 0 Å². The van der Waals surface area contributed by atoms with Crippen molar-refractivity contribution in [1.29, 1.82) is 0 Å². The maximum atomic E-state index is 5.95. The van der Waals surface area contributed by atoms with Crippen molar-refractivity contribution < 1.29 is 0 Å². The molecule has 0 fully saturated rings. The summed E-state index contributed by atoms with van der Waals surface area (Å²) in [6.45, 7) is 5.34. The first-order valence-corrected chi connectivity index (χ1v) is 5.02. The molecule has 0 aromatic carbocycles. The van der Waals surface area contributed by atoms with E-state index in [1.54, 1.807) is 0 Å². The van der Waals surface area contributed by atoms with Crippen molar-refractivity contribution in [2.24, 2.45) is 5.73 Å². The summed E-state index contributed by atoms with van der Waals surface area (Å²) in [6, 6.07) is 0.331. The molecule has 1 aromatic heterocycles. The van der Waals surface area contributed by atoms with Crippen LogP contribution in [-0.2, 0) is 13.0 Å². The maximum absolute atomic E-state index is 5.95. The minimum absolute atomic E-state index is 0.331. The Morgan fingerprint density at radius 2 is 2.46 bits per heavy atom. The van der Waals surface area contributed by atoms with Crippen LogP contribution in [0.2, 0.25) is 0 Å². The number of aromatic nitrogens is 2. The Bertz CT molecular complexity index is 303. The third kappa shape index (κ3) is 1.37. The van der Waals surface area contributed by atoms with Crippen LogP contribution >= 0.6 is 0 Å². The molecule has 2 unspecified atom stereocenters. The largest absolute Gasteiger partial charge is 0.327 e. The van der Waals surface area contributed by atoms with E-state index in [0.29, 0.717) is 12.0 Å². The van der Waals surface area contributed by atoms with Crippen LogP contribution in [0, 0.1) is 0 Å². The van der Waals surface area contributed by atoms with Gasteiger partial charge in [0.1, 0.15) is 0 Å². The predicted octanol–water partition coefficient (Wildman–Crippen LogP) is 1.28. The van der Waals surface area contributed by atoms with Crippen LogP contribution in [0.5, 0.6) is 0 Å². The lowest BCUT2D eigenvalue weighted by atomic mass is 9.86. The van der Waals surface area contributed by atoms with Gasteiger partial charge >= 0.3 is 0 Å². The van der Waals surface area contributed by atoms with E-state index < -0.39 is 0 Å². The van der Waals surface area contributed by atoms with Crippen molar-refractivity contribution in [2.75, 3.05) is 0 Å². The average Bonchev–Trinajstić information content (AvgIpc) is 2.47. The number of fused-ring (bicyclic) bond motifs is 1. The lowest BCUT2D eigenvalue weighted by molar-refractivity contribution is 0.475. The Morgan fingerprint density at radius 1 is 1.69 bits per heavy atom. The van der Waals surface area contributed by atoms with E-state index in [0.717, 1.165) is 19.4 Å². The van der Waals surface area contributed by atoms with Gasteiger partial charge in [-0.15, -0.1) is 0 Å². The fourth-order valence-corrected chi connectivity index (χ4v) is 2.35. The van der Waals surface area contributed by atoms with Gasteiger partial charge in [0.15, 0.2) is 0 Å². The minimum atomic E-state index is 0.331. The first kappa shape index (κ1) is 8.75. The second-order valence-corrected chi connectivity index (χ2v) is 3.97. The average molecular weight is 179 g/mol. The van der Waals surface area contributed by atoms with Crippen molar-refractivity contribution >= 4 is 0 Å². The third-order valence-electron chi connectivity index (χ3n) is 2.86. The van der Waals surface area contributed by atoms with Crippen LogP contribution in [0.3, 0.4) is 0 Å². The summed E-state index contributed by atoms with van der Waals surface area (Å²) >= 11 is 0. The van der Waals surface area contributed by atoms with Crippen LogP contribution in [-0.4, -0.2) is 15.8 Å². The summed E-state index contributed by atoms with van der Waals surface area (Å²) in [5, 5.41) is 4.36. The first-order chi connectivity index (χ1) is 6.22. The van der Waals surface area contributed by atoms with E-state index in [1.165, 1.54) is 11.3 Å². The number of hydrogen-bond acceptors (Lipinski definition) is 2. The Morgan fingerprint density at radius 3 is 3.15 bits per heavy atom. The normalized spacial score (nSPS) is 27.3. The number of hydrogen-bond donors (Lipinski definition) is 1. The molecule has 3 heteroatoms. The van der Waals surface area contributed by atoms with Crippen molar-refractivity contribution in [1.82, 2.24) is 9.78 Å². The SMILES string of the molecule is CCn1ncc2c1C(C)CC(N)C2. The molecular weight excluding hydrogens is 162 g/mol. The Hall–Kier alpha value is -0.830. The summed E-state index contributed by atoms with van der Waals surface area (Å²) in [6.07, 6.45) is 4.08. The van der Waals surface area contributed by atoms with E-state index in [4.69, 9.17) is 5.73 Å². The van der Waals surface area contributed by atoms with Gasteiger partial charge in [0.2, 0.25) is 0 Å². The van der Waals surface area contributed by atoms with Gasteiger partial charge in [0.25, 0.3) is 0 Å². The van der Waals surface area contributed by atoms with Gasteiger partial charge in [-0.2, -0.15) is 5.10 Å². The number of nitrogens with zero attached hydrogens (tertiary/aromatic N) is 2. The van der Waals surface area contributed by atoms with Crippen LogP contribution in [0.25, 0.3) is 0 Å². The summed E-state index contributed by atoms with van der Waals surface area (Å²) in [4.78, 5) is 0. The number of aryl methyl sites for hydroxylation is 1. The van der Waals surface area contributed by atoms with E-state index in [2.05, 4.69) is 23.6 Å². The molecule has 0 bridgehead atoms. The summed E-state index contributed by atoms with van der Waals surface area (Å²) < 4.78 is 2.10. The Labute approximate surface area is 78.9 Å². The molecule has 1 heterocycles. The smallest absolute Gasteiger partial charge is 0.0525 e. The summed E-state index contributed by atoms with van der Waals surface area (Å²) in [5.74, 6) is 0.571. The van der Waals surface area contributed by atoms with Crippen LogP contribution in [0.1, 0.15) is 37.4 Å². The van der Waals surface area contributed by atoms with Crippen molar-refractivity contribution in [3.8, 4) is 0 Å². The zero-order chi connectivity index (χ0) is 9.42. The van der Waals surface area contributed by atoms with Crippen molar-refractivity contribution in [3.05, 3.63) is 17.5 Å². The quantitative estimate of drug-likeness (QED) is 0.705. The predicted molar refractivity (Wildman–Crippen MR) is 52.6 cm³/mol. The molecule has 3 nitrogen and oxygen atoms in total. The van der Waals surface area contributed by atoms with Gasteiger partial charge in [-0.05, 0) is 31.2 Å². The molecule has 1 aliphatic rings. The molecule has 2 N–H and O–H groups in total. The highest BCUT2D eigenvalue weighted by molar-refractivity contribution is 5.26. The molecule has 0 saturated heterocycles. The van der Waals surface area contributed by atoms with Gasteiger partial charge in [-0.3, -0.25) is 4.68 Å². The molecule has 1 aromatic rings. The summed E-state index contributed by atoms with van der Waals surface area (Å²) in [5.41, 5.74) is 8.72. The van der Waals surface area contributed by atoms with E-state index in [-0.39, 0.29) is 0 Å².